The van der Waals surface area contributed by atoms with Gasteiger partial charge in [-0.25, -0.2) is 4.98 Å². The van der Waals surface area contributed by atoms with Gasteiger partial charge in [0, 0.05) is 26.0 Å². The summed E-state index contributed by atoms with van der Waals surface area (Å²) >= 11 is 0. The molecule has 0 fully saturated rings. The maximum Gasteiger partial charge on any atom is 0.136 e. The molecular formula is C17H22N4O2. The molecule has 0 amide bonds. The molecule has 0 atom stereocenters. The number of aromatic nitrogens is 4. The van der Waals surface area contributed by atoms with Gasteiger partial charge in [-0.2, -0.15) is 0 Å². The zero-order chi connectivity index (χ0) is 16.1. The Kier molecular flexibility index (Phi) is 5.15. The number of imidazole rings is 1. The van der Waals surface area contributed by atoms with Gasteiger partial charge in [0.15, 0.2) is 0 Å². The number of aryl methyl sites for hydroxylation is 1. The summed E-state index contributed by atoms with van der Waals surface area (Å²) in [6, 6.07) is 3.86. The zero-order valence-corrected chi connectivity index (χ0v) is 13.4. The largest absolute Gasteiger partial charge is 0.396 e. The van der Waals surface area contributed by atoms with Gasteiger partial charge in [-0.05, 0) is 38.3 Å². The number of hydrogen-bond donors (Lipinski definition) is 1. The van der Waals surface area contributed by atoms with Crippen molar-refractivity contribution in [1.29, 1.82) is 0 Å². The van der Waals surface area contributed by atoms with Crippen LogP contribution >= 0.6 is 0 Å². The van der Waals surface area contributed by atoms with E-state index in [-0.39, 0.29) is 6.61 Å². The molecule has 0 aliphatic carbocycles. The van der Waals surface area contributed by atoms with Gasteiger partial charge in [-0.1, -0.05) is 0 Å². The Morgan fingerprint density at radius 1 is 1.17 bits per heavy atom. The minimum atomic E-state index is 0.241. The first-order chi connectivity index (χ1) is 11.3. The molecule has 6 nitrogen and oxygen atoms in total. The molecule has 3 aromatic heterocycles. The van der Waals surface area contributed by atoms with Crippen LogP contribution in [0.4, 0.5) is 0 Å². The van der Waals surface area contributed by atoms with Crippen molar-refractivity contribution in [2.75, 3.05) is 13.2 Å². The third-order valence-electron chi connectivity index (χ3n) is 3.89. The number of unbranched alkanes of at least 4 members (excludes halogenated alkanes) is 2. The summed E-state index contributed by atoms with van der Waals surface area (Å²) in [5.41, 5.74) is 3.63. The maximum absolute atomic E-state index is 8.95. The van der Waals surface area contributed by atoms with Crippen LogP contribution in [0.1, 0.15) is 32.0 Å². The van der Waals surface area contributed by atoms with E-state index in [2.05, 4.69) is 19.5 Å². The fourth-order valence-corrected chi connectivity index (χ4v) is 2.78. The first-order valence-electron chi connectivity index (χ1n) is 8.12. The molecule has 3 aromatic rings. The molecule has 0 saturated carbocycles. The fraction of sp³-hybridized carbons (Fsp3) is 0.471. The summed E-state index contributed by atoms with van der Waals surface area (Å²) in [5.74, 6) is 0.908. The van der Waals surface area contributed by atoms with Crippen LogP contribution in [0, 0.1) is 0 Å². The van der Waals surface area contributed by atoms with Crippen molar-refractivity contribution in [2.24, 2.45) is 0 Å². The Bertz CT molecular complexity index is 785. The van der Waals surface area contributed by atoms with E-state index in [1.165, 1.54) is 0 Å². The Balaban J connectivity index is 2.04. The van der Waals surface area contributed by atoms with E-state index in [1.807, 2.05) is 19.1 Å². The van der Waals surface area contributed by atoms with Crippen molar-refractivity contribution < 1.29 is 9.84 Å². The van der Waals surface area contributed by atoms with Gasteiger partial charge in [-0.15, -0.1) is 0 Å². The number of hydrogen-bond acceptors (Lipinski definition) is 5. The third-order valence-corrected chi connectivity index (χ3v) is 3.89. The summed E-state index contributed by atoms with van der Waals surface area (Å²) in [7, 11) is 0. The molecule has 122 valence electrons. The van der Waals surface area contributed by atoms with Crippen LogP contribution in [0.25, 0.3) is 22.1 Å². The van der Waals surface area contributed by atoms with Crippen LogP contribution in [0.15, 0.2) is 24.5 Å². The molecule has 0 saturated heterocycles. The molecule has 0 radical (unpaired) electrons. The normalized spacial score (nSPS) is 11.6. The lowest BCUT2D eigenvalue weighted by Crippen LogP contribution is -2.07. The van der Waals surface area contributed by atoms with Crippen molar-refractivity contribution in [3.05, 3.63) is 30.4 Å². The molecule has 0 aromatic carbocycles. The quantitative estimate of drug-likeness (QED) is 0.647. The Morgan fingerprint density at radius 3 is 2.91 bits per heavy atom. The maximum atomic E-state index is 8.95. The number of ether oxygens (including phenoxy) is 1. The van der Waals surface area contributed by atoms with Gasteiger partial charge < -0.3 is 14.4 Å². The van der Waals surface area contributed by atoms with Crippen LogP contribution in [0.2, 0.25) is 0 Å². The number of nitrogens with zero attached hydrogens (tertiary/aromatic N) is 4. The molecule has 0 bridgehead atoms. The summed E-state index contributed by atoms with van der Waals surface area (Å²) in [6.45, 7) is 4.21. The summed E-state index contributed by atoms with van der Waals surface area (Å²) in [4.78, 5) is 13.6. The van der Waals surface area contributed by atoms with E-state index in [0.717, 1.165) is 53.7 Å². The number of aliphatic hydroxyl groups is 1. The lowest BCUT2D eigenvalue weighted by molar-refractivity contribution is 0.126. The van der Waals surface area contributed by atoms with Crippen molar-refractivity contribution in [3.8, 4) is 0 Å². The van der Waals surface area contributed by atoms with E-state index >= 15 is 0 Å². The SMILES string of the molecule is CCOCc1nc2cnc3cccnc3c2n1CCCCCO. The Labute approximate surface area is 135 Å². The topological polar surface area (TPSA) is 73.1 Å². The van der Waals surface area contributed by atoms with Gasteiger partial charge in [-0.3, -0.25) is 9.97 Å². The zero-order valence-electron chi connectivity index (χ0n) is 13.4. The minimum Gasteiger partial charge on any atom is -0.396 e. The predicted octanol–water partition coefficient (Wildman–Crippen LogP) is 2.68. The predicted molar refractivity (Wildman–Crippen MR) is 89.1 cm³/mol. The second kappa shape index (κ2) is 7.48. The highest BCUT2D eigenvalue weighted by atomic mass is 16.5. The van der Waals surface area contributed by atoms with Crippen molar-refractivity contribution in [2.45, 2.75) is 39.3 Å². The molecular weight excluding hydrogens is 292 g/mol. The lowest BCUT2D eigenvalue weighted by Gasteiger charge is -2.10. The smallest absolute Gasteiger partial charge is 0.136 e. The van der Waals surface area contributed by atoms with Gasteiger partial charge in [0.05, 0.1) is 17.2 Å². The molecule has 0 aliphatic heterocycles. The standard InChI is InChI=1S/C17H22N4O2/c1-2-23-12-15-20-14-11-19-13-7-6-8-18-16(13)17(14)21(15)9-4-3-5-10-22/h6-8,11,22H,2-5,9-10,12H2,1H3. The second-order valence-electron chi connectivity index (χ2n) is 5.46. The van der Waals surface area contributed by atoms with Gasteiger partial charge in [0.25, 0.3) is 0 Å². The number of fused-ring (bicyclic) bond motifs is 3. The molecule has 0 unspecified atom stereocenters. The summed E-state index contributed by atoms with van der Waals surface area (Å²) in [5, 5.41) is 8.95. The van der Waals surface area contributed by atoms with Crippen LogP contribution < -0.4 is 0 Å². The average molecular weight is 314 g/mol. The number of rotatable bonds is 8. The first-order valence-corrected chi connectivity index (χ1v) is 8.12. The van der Waals surface area contributed by atoms with Crippen LogP contribution in [-0.4, -0.2) is 37.8 Å². The first kappa shape index (κ1) is 15.8. The summed E-state index contributed by atoms with van der Waals surface area (Å²) < 4.78 is 7.76. The molecule has 1 N–H and O–H groups in total. The third kappa shape index (κ3) is 3.33. The van der Waals surface area contributed by atoms with Gasteiger partial charge >= 0.3 is 0 Å². The van der Waals surface area contributed by atoms with Crippen LogP contribution in [0.3, 0.4) is 0 Å². The highest BCUT2D eigenvalue weighted by Gasteiger charge is 2.14. The average Bonchev–Trinajstić information content (AvgIpc) is 2.95. The highest BCUT2D eigenvalue weighted by molar-refractivity contribution is 5.99. The van der Waals surface area contributed by atoms with Crippen LogP contribution in [-0.2, 0) is 17.9 Å². The molecule has 3 heterocycles. The van der Waals surface area contributed by atoms with Gasteiger partial charge in [0.1, 0.15) is 23.5 Å². The van der Waals surface area contributed by atoms with E-state index in [1.54, 1.807) is 12.4 Å². The van der Waals surface area contributed by atoms with Crippen molar-refractivity contribution in [3.63, 3.8) is 0 Å². The highest BCUT2D eigenvalue weighted by Crippen LogP contribution is 2.24. The molecule has 6 heteroatoms. The Morgan fingerprint density at radius 2 is 2.09 bits per heavy atom. The molecule has 0 spiro atoms. The molecule has 0 aliphatic rings. The van der Waals surface area contributed by atoms with Crippen LogP contribution in [0.5, 0.6) is 0 Å². The van der Waals surface area contributed by atoms with Crippen molar-refractivity contribution in [1.82, 2.24) is 19.5 Å². The van der Waals surface area contributed by atoms with E-state index < -0.39 is 0 Å². The number of pyridine rings is 2. The second-order valence-corrected chi connectivity index (χ2v) is 5.46. The van der Waals surface area contributed by atoms with Gasteiger partial charge in [0.2, 0.25) is 0 Å². The van der Waals surface area contributed by atoms with E-state index in [4.69, 9.17) is 9.84 Å². The number of aliphatic hydroxyl groups excluding tert-OH is 1. The molecule has 23 heavy (non-hydrogen) atoms. The van der Waals surface area contributed by atoms with E-state index in [0.29, 0.717) is 13.2 Å². The van der Waals surface area contributed by atoms with Crippen molar-refractivity contribution >= 4 is 22.1 Å². The van der Waals surface area contributed by atoms with E-state index in [9.17, 15) is 0 Å². The Hall–Kier alpha value is -2.05. The fourth-order valence-electron chi connectivity index (χ4n) is 2.78. The molecule has 3 rings (SSSR count). The minimum absolute atomic E-state index is 0.241. The lowest BCUT2D eigenvalue weighted by atomic mass is 10.2. The monoisotopic (exact) mass is 314 g/mol. The summed E-state index contributed by atoms with van der Waals surface area (Å²) in [6.07, 6.45) is 6.39.